The van der Waals surface area contributed by atoms with E-state index in [9.17, 15) is 5.11 Å². The van der Waals surface area contributed by atoms with Crippen molar-refractivity contribution in [2.24, 2.45) is 0 Å². The molecule has 2 aromatic rings. The first-order valence-corrected chi connectivity index (χ1v) is 11.0. The predicted octanol–water partition coefficient (Wildman–Crippen LogP) is 3.93. The first-order chi connectivity index (χ1) is 13.7. The van der Waals surface area contributed by atoms with Gasteiger partial charge in [0.05, 0.1) is 11.9 Å². The molecule has 2 fully saturated rings. The van der Waals surface area contributed by atoms with Gasteiger partial charge in [0.15, 0.2) is 0 Å². The quantitative estimate of drug-likeness (QED) is 0.768. The van der Waals surface area contributed by atoms with E-state index >= 15 is 0 Å². The van der Waals surface area contributed by atoms with Crippen LogP contribution in [0, 0.1) is 0 Å². The molecule has 152 valence electrons. The number of aliphatic hydroxyl groups is 1. The third-order valence-electron chi connectivity index (χ3n) is 6.36. The summed E-state index contributed by atoms with van der Waals surface area (Å²) < 4.78 is 0. The highest BCUT2D eigenvalue weighted by Crippen LogP contribution is 2.29. The van der Waals surface area contributed by atoms with Gasteiger partial charge >= 0.3 is 0 Å². The molecule has 4 rings (SSSR count). The van der Waals surface area contributed by atoms with Crippen molar-refractivity contribution in [2.75, 3.05) is 26.2 Å². The van der Waals surface area contributed by atoms with Gasteiger partial charge in [0.1, 0.15) is 0 Å². The molecule has 0 spiro atoms. The molecule has 2 N–H and O–H groups in total. The minimum absolute atomic E-state index is 0.267. The van der Waals surface area contributed by atoms with Crippen LogP contribution < -0.4 is 0 Å². The summed E-state index contributed by atoms with van der Waals surface area (Å²) >= 11 is 6.03. The van der Waals surface area contributed by atoms with Crippen LogP contribution in [0.15, 0.2) is 30.5 Å². The van der Waals surface area contributed by atoms with Gasteiger partial charge in [-0.2, -0.15) is 5.10 Å². The highest BCUT2D eigenvalue weighted by Gasteiger charge is 2.32. The fourth-order valence-corrected chi connectivity index (χ4v) is 5.04. The normalized spacial score (nSPS) is 22.6. The Morgan fingerprint density at radius 1 is 1.11 bits per heavy atom. The molecular formula is C22H31ClN4O. The average molecular weight is 403 g/mol. The predicted molar refractivity (Wildman–Crippen MR) is 113 cm³/mol. The third kappa shape index (κ3) is 4.60. The van der Waals surface area contributed by atoms with E-state index in [0.29, 0.717) is 12.1 Å². The SMILES string of the molecule is OCC[C@H]1CN(Cc2cn[nH]c2-c2ccc(Cl)cc2)CCN1C1CCCCC1. The molecule has 0 radical (unpaired) electrons. The van der Waals surface area contributed by atoms with Crippen molar-refractivity contribution < 1.29 is 5.11 Å². The molecule has 2 heterocycles. The zero-order valence-electron chi connectivity index (χ0n) is 16.5. The number of aromatic nitrogens is 2. The van der Waals surface area contributed by atoms with Crippen LogP contribution in [-0.2, 0) is 6.54 Å². The van der Waals surface area contributed by atoms with Crippen molar-refractivity contribution in [3.05, 3.63) is 41.0 Å². The number of nitrogens with one attached hydrogen (secondary N) is 1. The van der Waals surface area contributed by atoms with Crippen LogP contribution in [-0.4, -0.2) is 63.4 Å². The summed E-state index contributed by atoms with van der Waals surface area (Å²) in [6.07, 6.45) is 9.55. The van der Waals surface area contributed by atoms with E-state index in [1.165, 1.54) is 37.7 Å². The van der Waals surface area contributed by atoms with Crippen LogP contribution in [0.1, 0.15) is 44.1 Å². The summed E-state index contributed by atoms with van der Waals surface area (Å²) in [7, 11) is 0. The highest BCUT2D eigenvalue weighted by atomic mass is 35.5. The number of aromatic amines is 1. The summed E-state index contributed by atoms with van der Waals surface area (Å²) in [5.41, 5.74) is 3.41. The van der Waals surface area contributed by atoms with Crippen LogP contribution in [0.25, 0.3) is 11.3 Å². The summed E-state index contributed by atoms with van der Waals surface area (Å²) in [5, 5.41) is 17.8. The monoisotopic (exact) mass is 402 g/mol. The fraction of sp³-hybridized carbons (Fsp3) is 0.591. The maximum atomic E-state index is 9.62. The lowest BCUT2D eigenvalue weighted by atomic mass is 9.91. The van der Waals surface area contributed by atoms with Gasteiger partial charge in [0.2, 0.25) is 0 Å². The molecule has 6 heteroatoms. The summed E-state index contributed by atoms with van der Waals surface area (Å²) in [5.74, 6) is 0. The van der Waals surface area contributed by atoms with Gasteiger partial charge in [0, 0.05) is 55.5 Å². The molecule has 1 aliphatic heterocycles. The summed E-state index contributed by atoms with van der Waals surface area (Å²) in [6.45, 7) is 4.34. The lowest BCUT2D eigenvalue weighted by molar-refractivity contribution is 0.0137. The average Bonchev–Trinajstić information content (AvgIpc) is 3.18. The molecule has 1 aromatic carbocycles. The summed E-state index contributed by atoms with van der Waals surface area (Å²) in [4.78, 5) is 5.21. The first kappa shape index (κ1) is 19.9. The second-order valence-corrected chi connectivity index (χ2v) is 8.64. The largest absolute Gasteiger partial charge is 0.396 e. The van der Waals surface area contributed by atoms with Crippen LogP contribution >= 0.6 is 11.6 Å². The Morgan fingerprint density at radius 2 is 1.89 bits per heavy atom. The Morgan fingerprint density at radius 3 is 2.64 bits per heavy atom. The Hall–Kier alpha value is -1.40. The van der Waals surface area contributed by atoms with Gasteiger partial charge in [-0.05, 0) is 37.0 Å². The van der Waals surface area contributed by atoms with Gasteiger partial charge in [-0.25, -0.2) is 0 Å². The minimum atomic E-state index is 0.267. The van der Waals surface area contributed by atoms with Crippen LogP contribution in [0.4, 0.5) is 0 Å². The van der Waals surface area contributed by atoms with Gasteiger partial charge < -0.3 is 5.11 Å². The standard InChI is InChI=1S/C22H31ClN4O/c23-19-8-6-17(7-9-19)22-18(14-24-25-22)15-26-11-12-27(21(16-26)10-13-28)20-4-2-1-3-5-20/h6-9,14,20-21,28H,1-5,10-13,15-16H2,(H,24,25)/t21-/m0/s1. The van der Waals surface area contributed by atoms with Crippen molar-refractivity contribution in [1.29, 1.82) is 0 Å². The zero-order valence-corrected chi connectivity index (χ0v) is 17.2. The number of hydrogen-bond acceptors (Lipinski definition) is 4. The van der Waals surface area contributed by atoms with Gasteiger partial charge in [-0.3, -0.25) is 14.9 Å². The number of halogens is 1. The molecule has 1 saturated carbocycles. The molecule has 1 saturated heterocycles. The maximum Gasteiger partial charge on any atom is 0.0695 e. The Balaban J connectivity index is 1.43. The van der Waals surface area contributed by atoms with Crippen molar-refractivity contribution in [1.82, 2.24) is 20.0 Å². The van der Waals surface area contributed by atoms with Crippen molar-refractivity contribution in [2.45, 2.75) is 57.2 Å². The molecule has 1 aliphatic carbocycles. The lowest BCUT2D eigenvalue weighted by Gasteiger charge is -2.46. The number of hydrogen-bond donors (Lipinski definition) is 2. The van der Waals surface area contributed by atoms with E-state index in [1.807, 2.05) is 30.5 Å². The molecule has 0 unspecified atom stereocenters. The van der Waals surface area contributed by atoms with E-state index < -0.39 is 0 Å². The second kappa shape index (κ2) is 9.40. The molecule has 0 amide bonds. The Bertz CT molecular complexity index is 741. The van der Waals surface area contributed by atoms with E-state index in [-0.39, 0.29) is 6.61 Å². The molecule has 0 bridgehead atoms. The van der Waals surface area contributed by atoms with Crippen molar-refractivity contribution in [3.63, 3.8) is 0 Å². The van der Waals surface area contributed by atoms with Crippen LogP contribution in [0.3, 0.4) is 0 Å². The van der Waals surface area contributed by atoms with Crippen LogP contribution in [0.5, 0.6) is 0 Å². The number of nitrogens with zero attached hydrogens (tertiary/aromatic N) is 3. The van der Waals surface area contributed by atoms with Gasteiger partial charge in [0.25, 0.3) is 0 Å². The van der Waals surface area contributed by atoms with Crippen molar-refractivity contribution in [3.8, 4) is 11.3 Å². The van der Waals surface area contributed by atoms with Gasteiger partial charge in [-0.15, -0.1) is 0 Å². The first-order valence-electron chi connectivity index (χ1n) is 10.6. The lowest BCUT2D eigenvalue weighted by Crippen LogP contribution is -2.56. The highest BCUT2D eigenvalue weighted by molar-refractivity contribution is 6.30. The number of H-pyrrole nitrogens is 1. The molecular weight excluding hydrogens is 372 g/mol. The molecule has 1 aromatic heterocycles. The number of rotatable bonds is 6. The van der Waals surface area contributed by atoms with E-state index in [1.54, 1.807) is 0 Å². The van der Waals surface area contributed by atoms with Crippen molar-refractivity contribution >= 4 is 11.6 Å². The molecule has 5 nitrogen and oxygen atoms in total. The minimum Gasteiger partial charge on any atom is -0.396 e. The molecule has 28 heavy (non-hydrogen) atoms. The third-order valence-corrected chi connectivity index (χ3v) is 6.62. The van der Waals surface area contributed by atoms with E-state index in [2.05, 4.69) is 20.0 Å². The molecule has 1 atom stereocenters. The second-order valence-electron chi connectivity index (χ2n) is 8.21. The smallest absolute Gasteiger partial charge is 0.0695 e. The number of piperazine rings is 1. The topological polar surface area (TPSA) is 55.4 Å². The number of benzene rings is 1. The summed E-state index contributed by atoms with van der Waals surface area (Å²) in [6, 6.07) is 9.08. The van der Waals surface area contributed by atoms with Gasteiger partial charge in [-0.1, -0.05) is 43.0 Å². The number of aliphatic hydroxyl groups excluding tert-OH is 1. The molecule has 2 aliphatic rings. The maximum absolute atomic E-state index is 9.62. The Kier molecular flexibility index (Phi) is 6.68. The Labute approximate surface area is 172 Å². The van der Waals surface area contributed by atoms with E-state index in [4.69, 9.17) is 11.6 Å². The van der Waals surface area contributed by atoms with E-state index in [0.717, 1.165) is 48.9 Å². The fourth-order valence-electron chi connectivity index (χ4n) is 4.92. The zero-order chi connectivity index (χ0) is 19.3. The van der Waals surface area contributed by atoms with Crippen LogP contribution in [0.2, 0.25) is 5.02 Å².